The molecule has 0 spiro atoms. The molecule has 0 amide bonds. The van der Waals surface area contributed by atoms with E-state index in [1.807, 2.05) is 0 Å². The first-order valence-corrected chi connectivity index (χ1v) is 19.3. The SMILES string of the molecule is CCCCCCCCCCCCCCCCCCC(CCCCCCCCCCCCCCC(C)CCC)C(=O)O. The summed E-state index contributed by atoms with van der Waals surface area (Å²) in [5, 5.41) is 9.64. The fourth-order valence-electron chi connectivity index (χ4n) is 6.62. The molecule has 0 aliphatic carbocycles. The Morgan fingerprint density at radius 1 is 0.390 bits per heavy atom. The molecular formula is C39H78O2. The third-order valence-electron chi connectivity index (χ3n) is 9.54. The zero-order valence-electron chi connectivity index (χ0n) is 28.8. The Balaban J connectivity index is 3.40. The highest BCUT2D eigenvalue weighted by molar-refractivity contribution is 5.69. The zero-order valence-corrected chi connectivity index (χ0v) is 28.8. The second-order valence-corrected chi connectivity index (χ2v) is 13.8. The summed E-state index contributed by atoms with van der Waals surface area (Å²) in [6.45, 7) is 7.00. The monoisotopic (exact) mass is 579 g/mol. The average Bonchev–Trinajstić information content (AvgIpc) is 2.95. The zero-order chi connectivity index (χ0) is 30.1. The lowest BCUT2D eigenvalue weighted by molar-refractivity contribution is -0.142. The van der Waals surface area contributed by atoms with Crippen LogP contribution in [0.1, 0.15) is 233 Å². The van der Waals surface area contributed by atoms with E-state index in [4.69, 9.17) is 0 Å². The van der Waals surface area contributed by atoms with Crippen LogP contribution in [0.5, 0.6) is 0 Å². The largest absolute Gasteiger partial charge is 0.481 e. The molecule has 1 N–H and O–H groups in total. The Bertz CT molecular complexity index is 502. The van der Waals surface area contributed by atoms with Crippen LogP contribution >= 0.6 is 0 Å². The molecule has 0 rings (SSSR count). The van der Waals surface area contributed by atoms with Crippen molar-refractivity contribution < 1.29 is 9.90 Å². The van der Waals surface area contributed by atoms with Gasteiger partial charge in [-0.1, -0.05) is 220 Å². The lowest BCUT2D eigenvalue weighted by Gasteiger charge is -2.12. The van der Waals surface area contributed by atoms with Crippen LogP contribution in [0.3, 0.4) is 0 Å². The van der Waals surface area contributed by atoms with E-state index in [2.05, 4.69) is 20.8 Å². The minimum absolute atomic E-state index is 0.100. The van der Waals surface area contributed by atoms with Gasteiger partial charge in [-0.15, -0.1) is 0 Å². The molecule has 0 heterocycles. The molecule has 0 bridgehead atoms. The van der Waals surface area contributed by atoms with E-state index >= 15 is 0 Å². The van der Waals surface area contributed by atoms with Gasteiger partial charge < -0.3 is 5.11 Å². The summed E-state index contributed by atoms with van der Waals surface area (Å²) >= 11 is 0. The molecule has 0 aromatic rings. The number of rotatable bonds is 35. The van der Waals surface area contributed by atoms with Gasteiger partial charge in [0.2, 0.25) is 0 Å². The summed E-state index contributed by atoms with van der Waals surface area (Å²) in [7, 11) is 0. The topological polar surface area (TPSA) is 37.3 Å². The van der Waals surface area contributed by atoms with Crippen molar-refractivity contribution in [1.82, 2.24) is 0 Å². The number of carboxylic acid groups (broad SMARTS) is 1. The van der Waals surface area contributed by atoms with Crippen LogP contribution in [0, 0.1) is 11.8 Å². The number of aliphatic carboxylic acids is 1. The summed E-state index contributed by atoms with van der Waals surface area (Å²) in [6.07, 6.45) is 44.2. The molecule has 0 radical (unpaired) electrons. The first-order valence-electron chi connectivity index (χ1n) is 19.3. The summed E-state index contributed by atoms with van der Waals surface area (Å²) < 4.78 is 0. The van der Waals surface area contributed by atoms with Crippen LogP contribution in [0.15, 0.2) is 0 Å². The van der Waals surface area contributed by atoms with Crippen LogP contribution in [-0.2, 0) is 4.79 Å². The fraction of sp³-hybridized carbons (Fsp3) is 0.974. The Hall–Kier alpha value is -0.530. The van der Waals surface area contributed by atoms with Gasteiger partial charge in [0.15, 0.2) is 0 Å². The number of hydrogen-bond acceptors (Lipinski definition) is 1. The van der Waals surface area contributed by atoms with E-state index in [1.165, 1.54) is 186 Å². The van der Waals surface area contributed by atoms with Gasteiger partial charge in [0, 0.05) is 0 Å². The van der Waals surface area contributed by atoms with Crippen molar-refractivity contribution in [3.63, 3.8) is 0 Å². The minimum Gasteiger partial charge on any atom is -0.481 e. The molecule has 0 fully saturated rings. The molecule has 2 heteroatoms. The van der Waals surface area contributed by atoms with Crippen LogP contribution in [-0.4, -0.2) is 11.1 Å². The molecule has 0 aromatic heterocycles. The van der Waals surface area contributed by atoms with Crippen LogP contribution < -0.4 is 0 Å². The van der Waals surface area contributed by atoms with E-state index < -0.39 is 5.97 Å². The molecule has 0 aliphatic rings. The number of carboxylic acids is 1. The number of unbranched alkanes of at least 4 members (excludes halogenated alkanes) is 26. The van der Waals surface area contributed by atoms with Crippen molar-refractivity contribution in [2.24, 2.45) is 11.8 Å². The van der Waals surface area contributed by atoms with E-state index in [0.29, 0.717) is 0 Å². The highest BCUT2D eigenvalue weighted by Crippen LogP contribution is 2.21. The van der Waals surface area contributed by atoms with Crippen molar-refractivity contribution >= 4 is 5.97 Å². The van der Waals surface area contributed by atoms with Gasteiger partial charge in [0.05, 0.1) is 5.92 Å². The van der Waals surface area contributed by atoms with E-state index in [1.54, 1.807) is 0 Å². The third-order valence-corrected chi connectivity index (χ3v) is 9.54. The van der Waals surface area contributed by atoms with Crippen molar-refractivity contribution in [1.29, 1.82) is 0 Å². The molecule has 0 aromatic carbocycles. The summed E-state index contributed by atoms with van der Waals surface area (Å²) in [4.78, 5) is 11.7. The Labute approximate surface area is 260 Å². The maximum Gasteiger partial charge on any atom is 0.306 e. The normalized spacial score (nSPS) is 13.0. The minimum atomic E-state index is -0.554. The summed E-state index contributed by atoms with van der Waals surface area (Å²) in [5.41, 5.74) is 0. The summed E-state index contributed by atoms with van der Waals surface area (Å²) in [5.74, 6) is 0.275. The molecule has 2 nitrogen and oxygen atoms in total. The third kappa shape index (κ3) is 32.2. The average molecular weight is 579 g/mol. The predicted octanol–water partition coefficient (Wildman–Crippen LogP) is 14.2. The van der Waals surface area contributed by atoms with Crippen molar-refractivity contribution in [3.05, 3.63) is 0 Å². The molecule has 0 saturated carbocycles. The Morgan fingerprint density at radius 2 is 0.659 bits per heavy atom. The first kappa shape index (κ1) is 40.5. The Kier molecular flexibility index (Phi) is 33.5. The molecule has 2 unspecified atom stereocenters. The van der Waals surface area contributed by atoms with Crippen molar-refractivity contribution in [2.45, 2.75) is 233 Å². The van der Waals surface area contributed by atoms with Gasteiger partial charge in [-0.3, -0.25) is 4.79 Å². The molecular weight excluding hydrogens is 500 g/mol. The fourth-order valence-corrected chi connectivity index (χ4v) is 6.62. The second-order valence-electron chi connectivity index (χ2n) is 13.8. The molecule has 246 valence electrons. The molecule has 2 atom stereocenters. The van der Waals surface area contributed by atoms with Gasteiger partial charge in [-0.2, -0.15) is 0 Å². The van der Waals surface area contributed by atoms with Crippen molar-refractivity contribution in [2.75, 3.05) is 0 Å². The van der Waals surface area contributed by atoms with Crippen LogP contribution in [0.25, 0.3) is 0 Å². The van der Waals surface area contributed by atoms with Gasteiger partial charge in [0.1, 0.15) is 0 Å². The van der Waals surface area contributed by atoms with Gasteiger partial charge in [-0.25, -0.2) is 0 Å². The quantitative estimate of drug-likeness (QED) is 0.0759. The first-order chi connectivity index (χ1) is 20.1. The number of hydrogen-bond donors (Lipinski definition) is 1. The van der Waals surface area contributed by atoms with Crippen LogP contribution in [0.2, 0.25) is 0 Å². The lowest BCUT2D eigenvalue weighted by Crippen LogP contribution is -2.13. The van der Waals surface area contributed by atoms with Gasteiger partial charge >= 0.3 is 5.97 Å². The van der Waals surface area contributed by atoms with Gasteiger partial charge in [-0.05, 0) is 18.8 Å². The maximum atomic E-state index is 11.7. The molecule has 0 aliphatic heterocycles. The summed E-state index contributed by atoms with van der Waals surface area (Å²) in [6, 6.07) is 0. The van der Waals surface area contributed by atoms with E-state index in [-0.39, 0.29) is 5.92 Å². The van der Waals surface area contributed by atoms with Gasteiger partial charge in [0.25, 0.3) is 0 Å². The van der Waals surface area contributed by atoms with E-state index in [9.17, 15) is 9.90 Å². The maximum absolute atomic E-state index is 11.7. The highest BCUT2D eigenvalue weighted by Gasteiger charge is 2.16. The smallest absolute Gasteiger partial charge is 0.306 e. The highest BCUT2D eigenvalue weighted by atomic mass is 16.4. The molecule has 41 heavy (non-hydrogen) atoms. The number of carbonyl (C=O) groups is 1. The Morgan fingerprint density at radius 3 is 0.927 bits per heavy atom. The lowest BCUT2D eigenvalue weighted by atomic mass is 9.94. The van der Waals surface area contributed by atoms with Crippen LogP contribution in [0.4, 0.5) is 0 Å². The predicted molar refractivity (Wildman–Crippen MR) is 184 cm³/mol. The van der Waals surface area contributed by atoms with E-state index in [0.717, 1.165) is 31.6 Å². The van der Waals surface area contributed by atoms with Crippen molar-refractivity contribution in [3.8, 4) is 0 Å². The second kappa shape index (κ2) is 34.0. The standard InChI is InChI=1S/C39H78O2/c1-4-6-7-8-9-10-11-12-13-14-15-19-22-25-28-31-35-38(39(40)41)36-32-29-26-23-20-17-16-18-21-24-27-30-34-37(3)33-5-2/h37-38H,4-36H2,1-3H3,(H,40,41). The molecule has 0 saturated heterocycles.